The molecule has 6 heteroatoms. The number of nitrogen functional groups attached to an aromatic ring is 1. The van der Waals surface area contributed by atoms with E-state index in [1.54, 1.807) is 30.3 Å². The fourth-order valence-electron chi connectivity index (χ4n) is 2.10. The predicted octanol–water partition coefficient (Wildman–Crippen LogP) is 2.79. The average Bonchev–Trinajstić information content (AvgIpc) is 2.55. The molecule has 0 heterocycles. The molecule has 0 saturated carbocycles. The first kappa shape index (κ1) is 18.6. The number of amides is 2. The number of hydrogen-bond donors (Lipinski definition) is 4. The summed E-state index contributed by atoms with van der Waals surface area (Å²) in [6.07, 6.45) is 3.41. The van der Waals surface area contributed by atoms with Crippen LogP contribution >= 0.6 is 0 Å². The van der Waals surface area contributed by atoms with Crippen molar-refractivity contribution in [2.24, 2.45) is 5.73 Å². The van der Waals surface area contributed by atoms with E-state index in [1.807, 2.05) is 13.0 Å². The Morgan fingerprint density at radius 3 is 2.50 bits per heavy atom. The van der Waals surface area contributed by atoms with Crippen LogP contribution in [-0.2, 0) is 4.79 Å². The van der Waals surface area contributed by atoms with Gasteiger partial charge in [0.25, 0.3) is 5.91 Å². The molecule has 6 N–H and O–H groups in total. The number of rotatable bonds is 5. The van der Waals surface area contributed by atoms with Crippen molar-refractivity contribution in [3.8, 4) is 11.1 Å². The molecule has 0 saturated heterocycles. The molecular weight excluding hydrogens is 304 g/mol. The summed E-state index contributed by atoms with van der Waals surface area (Å²) in [5, 5.41) is 10.1. The minimum Gasteiger partial charge on any atom is -0.398 e. The zero-order valence-corrected chi connectivity index (χ0v) is 13.4. The lowest BCUT2D eigenvalue weighted by molar-refractivity contribution is -0.105. The second-order valence-corrected chi connectivity index (χ2v) is 4.75. The van der Waals surface area contributed by atoms with Crippen LogP contribution in [0.25, 0.3) is 11.1 Å². The Morgan fingerprint density at radius 1 is 1.29 bits per heavy atom. The minimum atomic E-state index is -0.640. The fraction of sp³-hybridized carbons (Fsp3) is 0.0556. The zero-order chi connectivity index (χ0) is 18.1. The van der Waals surface area contributed by atoms with Crippen LogP contribution < -0.4 is 16.8 Å². The van der Waals surface area contributed by atoms with Gasteiger partial charge in [-0.05, 0) is 36.2 Å². The van der Waals surface area contributed by atoms with Crippen molar-refractivity contribution < 1.29 is 9.59 Å². The number of carbonyl (C=O) groups excluding carboxylic acids is 2. The van der Waals surface area contributed by atoms with Crippen molar-refractivity contribution in [2.75, 3.05) is 11.1 Å². The summed E-state index contributed by atoms with van der Waals surface area (Å²) >= 11 is 0. The molecule has 0 unspecified atom stereocenters. The van der Waals surface area contributed by atoms with Gasteiger partial charge in [-0.2, -0.15) is 0 Å². The monoisotopic (exact) mass is 324 g/mol. The van der Waals surface area contributed by atoms with Crippen LogP contribution in [0.15, 0.2) is 49.1 Å². The minimum absolute atomic E-state index is 0.170. The molecule has 2 aromatic rings. The Balaban J connectivity index is 0.000000891. The number of nitrogens with one attached hydrogen (secondary N) is 2. The van der Waals surface area contributed by atoms with E-state index in [4.69, 9.17) is 16.9 Å². The fourth-order valence-corrected chi connectivity index (χ4v) is 2.10. The second kappa shape index (κ2) is 8.89. The summed E-state index contributed by atoms with van der Waals surface area (Å²) < 4.78 is 0. The first-order valence-corrected chi connectivity index (χ1v) is 7.10. The molecule has 0 fully saturated rings. The maximum atomic E-state index is 11.3. The Hall–Kier alpha value is -3.41. The van der Waals surface area contributed by atoms with E-state index in [9.17, 15) is 9.59 Å². The molecule has 0 aliphatic heterocycles. The maximum Gasteiger partial charge on any atom is 0.250 e. The zero-order valence-electron chi connectivity index (χ0n) is 13.4. The van der Waals surface area contributed by atoms with Gasteiger partial charge < -0.3 is 22.2 Å². The highest BCUT2D eigenvalue weighted by atomic mass is 16.1. The molecule has 2 aromatic carbocycles. The van der Waals surface area contributed by atoms with Crippen LogP contribution in [0.5, 0.6) is 0 Å². The lowest BCUT2D eigenvalue weighted by Crippen LogP contribution is -2.15. The van der Waals surface area contributed by atoms with Gasteiger partial charge in [-0.25, -0.2) is 0 Å². The first-order chi connectivity index (χ1) is 11.5. The highest BCUT2D eigenvalue weighted by Gasteiger charge is 2.14. The molecule has 0 spiro atoms. The summed E-state index contributed by atoms with van der Waals surface area (Å²) in [4.78, 5) is 21.8. The smallest absolute Gasteiger partial charge is 0.250 e. The lowest BCUT2D eigenvalue weighted by Gasteiger charge is -2.12. The van der Waals surface area contributed by atoms with E-state index in [1.165, 1.54) is 6.07 Å². The van der Waals surface area contributed by atoms with Gasteiger partial charge in [0.2, 0.25) is 6.41 Å². The molecule has 124 valence electrons. The van der Waals surface area contributed by atoms with Gasteiger partial charge in [0, 0.05) is 17.5 Å². The van der Waals surface area contributed by atoms with Crippen molar-refractivity contribution in [3.05, 3.63) is 60.2 Å². The number of carbonyl (C=O) groups is 2. The van der Waals surface area contributed by atoms with Crippen molar-refractivity contribution in [1.29, 1.82) is 5.41 Å². The van der Waals surface area contributed by atoms with E-state index in [2.05, 4.69) is 11.9 Å². The second-order valence-electron chi connectivity index (χ2n) is 4.75. The highest BCUT2D eigenvalue weighted by molar-refractivity contribution is 6.05. The van der Waals surface area contributed by atoms with Gasteiger partial charge in [0.1, 0.15) is 0 Å². The number of hydrogen-bond acceptors (Lipinski definition) is 4. The molecule has 6 nitrogen and oxygen atoms in total. The standard InChI is InChI=1S/C15H14N4O2.C3H6/c16-7-13-11(4-5-12(14(13)17)15(18)21)9-2-1-3-10(6-9)19-8-20;1-3-2/h1-8,16H,17H2,(H2,18,21)(H,19,20);3H,1H2,2H3. The summed E-state index contributed by atoms with van der Waals surface area (Å²) in [7, 11) is 0. The topological polar surface area (TPSA) is 122 Å². The Labute approximate surface area is 140 Å². The van der Waals surface area contributed by atoms with Crippen LogP contribution in [0.4, 0.5) is 11.4 Å². The van der Waals surface area contributed by atoms with E-state index in [0.717, 1.165) is 11.8 Å². The molecule has 0 bridgehead atoms. The molecule has 0 aliphatic carbocycles. The van der Waals surface area contributed by atoms with Gasteiger partial charge in [0.15, 0.2) is 0 Å². The number of benzene rings is 2. The third kappa shape index (κ3) is 4.30. The van der Waals surface area contributed by atoms with Crippen LogP contribution in [0, 0.1) is 5.41 Å². The molecule has 0 aliphatic rings. The summed E-state index contributed by atoms with van der Waals surface area (Å²) in [5.41, 5.74) is 14.0. The van der Waals surface area contributed by atoms with E-state index in [-0.39, 0.29) is 11.3 Å². The van der Waals surface area contributed by atoms with Crippen LogP contribution in [0.3, 0.4) is 0 Å². The quantitative estimate of drug-likeness (QED) is 0.293. The van der Waals surface area contributed by atoms with E-state index in [0.29, 0.717) is 23.2 Å². The van der Waals surface area contributed by atoms with Crippen molar-refractivity contribution in [1.82, 2.24) is 0 Å². The predicted molar refractivity (Wildman–Crippen MR) is 98.3 cm³/mol. The molecule has 0 radical (unpaired) electrons. The lowest BCUT2D eigenvalue weighted by atomic mass is 9.95. The van der Waals surface area contributed by atoms with Gasteiger partial charge >= 0.3 is 0 Å². The van der Waals surface area contributed by atoms with Crippen LogP contribution in [0.1, 0.15) is 22.8 Å². The number of anilines is 2. The molecule has 24 heavy (non-hydrogen) atoms. The Morgan fingerprint density at radius 2 is 1.96 bits per heavy atom. The molecule has 0 aromatic heterocycles. The summed E-state index contributed by atoms with van der Waals surface area (Å²) in [6, 6.07) is 10.3. The van der Waals surface area contributed by atoms with Crippen molar-refractivity contribution in [2.45, 2.75) is 6.92 Å². The number of nitrogens with two attached hydrogens (primary N) is 2. The summed E-state index contributed by atoms with van der Waals surface area (Å²) in [5.74, 6) is -0.640. The van der Waals surface area contributed by atoms with Gasteiger partial charge in [0.05, 0.1) is 11.3 Å². The van der Waals surface area contributed by atoms with Gasteiger partial charge in [-0.3, -0.25) is 9.59 Å². The van der Waals surface area contributed by atoms with Gasteiger partial charge in [-0.1, -0.05) is 24.3 Å². The molecule has 2 amide bonds. The van der Waals surface area contributed by atoms with E-state index >= 15 is 0 Å². The first-order valence-electron chi connectivity index (χ1n) is 7.10. The molecule has 0 atom stereocenters. The van der Waals surface area contributed by atoms with Gasteiger partial charge in [-0.15, -0.1) is 6.58 Å². The highest BCUT2D eigenvalue weighted by Crippen LogP contribution is 2.30. The largest absolute Gasteiger partial charge is 0.398 e. The van der Waals surface area contributed by atoms with Crippen molar-refractivity contribution >= 4 is 29.9 Å². The number of allylic oxidation sites excluding steroid dienone is 1. The van der Waals surface area contributed by atoms with Crippen molar-refractivity contribution in [3.63, 3.8) is 0 Å². The Bertz CT molecular complexity index is 770. The Kier molecular flexibility index (Phi) is 6.91. The third-order valence-corrected chi connectivity index (χ3v) is 3.10. The molecular formula is C18H20N4O2. The SMILES string of the molecule is C=CC.N=Cc1c(-c2cccc(NC=O)c2)ccc(C(N)=O)c1N. The average molecular weight is 324 g/mol. The number of primary amides is 1. The molecule has 2 rings (SSSR count). The normalized spacial score (nSPS) is 9.21. The van der Waals surface area contributed by atoms with Crippen LogP contribution in [-0.4, -0.2) is 18.5 Å². The van der Waals surface area contributed by atoms with Crippen LogP contribution in [0.2, 0.25) is 0 Å². The summed E-state index contributed by atoms with van der Waals surface area (Å²) in [6.45, 7) is 5.25. The maximum absolute atomic E-state index is 11.3. The third-order valence-electron chi connectivity index (χ3n) is 3.10. The van der Waals surface area contributed by atoms with E-state index < -0.39 is 5.91 Å².